The Morgan fingerprint density at radius 2 is 2.19 bits per heavy atom. The Morgan fingerprint density at radius 1 is 1.38 bits per heavy atom. The molecule has 1 unspecified atom stereocenters. The fourth-order valence-corrected chi connectivity index (χ4v) is 2.52. The molecule has 16 heavy (non-hydrogen) atoms. The van der Waals surface area contributed by atoms with Crippen molar-refractivity contribution in [2.75, 3.05) is 59.5 Å². The second kappa shape index (κ2) is 6.55. The van der Waals surface area contributed by atoms with Crippen molar-refractivity contribution < 1.29 is 4.74 Å². The number of likely N-dealkylation sites (N-methyl/N-ethyl adjacent to an activating group) is 1. The summed E-state index contributed by atoms with van der Waals surface area (Å²) >= 11 is 0. The van der Waals surface area contributed by atoms with Gasteiger partial charge in [0.1, 0.15) is 0 Å². The number of nitrogens with one attached hydrogen (secondary N) is 1. The van der Waals surface area contributed by atoms with Gasteiger partial charge in [-0.15, -0.1) is 0 Å². The molecule has 2 heterocycles. The quantitative estimate of drug-likeness (QED) is 0.716. The summed E-state index contributed by atoms with van der Waals surface area (Å²) in [7, 11) is 2.24. The van der Waals surface area contributed by atoms with Gasteiger partial charge >= 0.3 is 0 Å². The van der Waals surface area contributed by atoms with Crippen molar-refractivity contribution in [3.05, 3.63) is 0 Å². The molecule has 2 fully saturated rings. The van der Waals surface area contributed by atoms with E-state index in [1.54, 1.807) is 0 Å². The van der Waals surface area contributed by atoms with Crippen LogP contribution in [0.25, 0.3) is 0 Å². The van der Waals surface area contributed by atoms with Crippen LogP contribution in [0.5, 0.6) is 0 Å². The molecular weight excluding hydrogens is 202 g/mol. The highest BCUT2D eigenvalue weighted by Crippen LogP contribution is 2.06. The zero-order valence-corrected chi connectivity index (χ0v) is 10.5. The van der Waals surface area contributed by atoms with E-state index in [-0.39, 0.29) is 0 Å². The number of ether oxygens (including phenoxy) is 1. The highest BCUT2D eigenvalue weighted by molar-refractivity contribution is 4.77. The summed E-state index contributed by atoms with van der Waals surface area (Å²) in [6.45, 7) is 8.81. The highest BCUT2D eigenvalue weighted by atomic mass is 16.5. The van der Waals surface area contributed by atoms with Crippen molar-refractivity contribution in [1.82, 2.24) is 15.1 Å². The van der Waals surface area contributed by atoms with Gasteiger partial charge in [0.15, 0.2) is 0 Å². The van der Waals surface area contributed by atoms with E-state index in [0.29, 0.717) is 0 Å². The van der Waals surface area contributed by atoms with Gasteiger partial charge in [-0.2, -0.15) is 0 Å². The molecule has 0 bridgehead atoms. The smallest absolute Gasteiger partial charge is 0.0594 e. The van der Waals surface area contributed by atoms with E-state index in [9.17, 15) is 0 Å². The Morgan fingerprint density at radius 3 is 2.88 bits per heavy atom. The van der Waals surface area contributed by atoms with E-state index in [2.05, 4.69) is 22.2 Å². The van der Waals surface area contributed by atoms with Crippen LogP contribution < -0.4 is 5.32 Å². The van der Waals surface area contributed by atoms with E-state index in [1.807, 2.05) is 0 Å². The van der Waals surface area contributed by atoms with Crippen LogP contribution in [0, 0.1) is 0 Å². The molecule has 0 aliphatic carbocycles. The molecule has 0 saturated carbocycles. The van der Waals surface area contributed by atoms with Gasteiger partial charge < -0.3 is 15.0 Å². The molecule has 2 rings (SSSR count). The molecule has 0 radical (unpaired) electrons. The molecule has 0 aromatic heterocycles. The average molecular weight is 227 g/mol. The second-order valence-electron chi connectivity index (χ2n) is 5.01. The SMILES string of the molecule is CN(CCN1CCOCC1)CC1CCCN1. The molecule has 0 spiro atoms. The summed E-state index contributed by atoms with van der Waals surface area (Å²) in [5.74, 6) is 0. The Balaban J connectivity index is 1.57. The van der Waals surface area contributed by atoms with Crippen LogP contribution in [0.2, 0.25) is 0 Å². The minimum Gasteiger partial charge on any atom is -0.379 e. The van der Waals surface area contributed by atoms with E-state index in [0.717, 1.165) is 32.3 Å². The zero-order valence-electron chi connectivity index (χ0n) is 10.5. The predicted molar refractivity (Wildman–Crippen MR) is 65.8 cm³/mol. The average Bonchev–Trinajstić information content (AvgIpc) is 2.81. The molecule has 0 aromatic rings. The summed E-state index contributed by atoms with van der Waals surface area (Å²) in [4.78, 5) is 4.96. The monoisotopic (exact) mass is 227 g/mol. The third-order valence-corrected chi connectivity index (χ3v) is 3.60. The maximum Gasteiger partial charge on any atom is 0.0594 e. The molecule has 4 heteroatoms. The maximum atomic E-state index is 5.35. The normalized spacial score (nSPS) is 27.8. The van der Waals surface area contributed by atoms with Gasteiger partial charge in [-0.1, -0.05) is 0 Å². The molecule has 0 amide bonds. The lowest BCUT2D eigenvalue weighted by molar-refractivity contribution is 0.0342. The lowest BCUT2D eigenvalue weighted by Gasteiger charge is -2.29. The second-order valence-corrected chi connectivity index (χ2v) is 5.01. The maximum absolute atomic E-state index is 5.35. The van der Waals surface area contributed by atoms with Crippen molar-refractivity contribution in [2.45, 2.75) is 18.9 Å². The number of hydrogen-bond acceptors (Lipinski definition) is 4. The molecule has 2 saturated heterocycles. The summed E-state index contributed by atoms with van der Waals surface area (Å²) in [6, 6.07) is 0.731. The largest absolute Gasteiger partial charge is 0.379 e. The standard InChI is InChI=1S/C12H25N3O/c1-14(11-12-3-2-4-13-12)5-6-15-7-9-16-10-8-15/h12-13H,2-11H2,1H3. The first kappa shape index (κ1) is 12.3. The Hall–Kier alpha value is -0.160. The molecule has 2 aliphatic heterocycles. The number of morpholine rings is 1. The molecule has 0 aromatic carbocycles. The topological polar surface area (TPSA) is 27.7 Å². The lowest BCUT2D eigenvalue weighted by Crippen LogP contribution is -2.43. The number of rotatable bonds is 5. The molecule has 4 nitrogen and oxygen atoms in total. The van der Waals surface area contributed by atoms with Gasteiger partial charge in [0, 0.05) is 38.8 Å². The van der Waals surface area contributed by atoms with Crippen LogP contribution >= 0.6 is 0 Å². The fourth-order valence-electron chi connectivity index (χ4n) is 2.52. The van der Waals surface area contributed by atoms with Crippen molar-refractivity contribution in [3.63, 3.8) is 0 Å². The number of nitrogens with zero attached hydrogens (tertiary/aromatic N) is 2. The van der Waals surface area contributed by atoms with Crippen LogP contribution in [0.1, 0.15) is 12.8 Å². The Bertz CT molecular complexity index is 189. The van der Waals surface area contributed by atoms with Crippen LogP contribution in [0.4, 0.5) is 0 Å². The molecule has 94 valence electrons. The summed E-state index contributed by atoms with van der Waals surface area (Å²) in [5.41, 5.74) is 0. The van der Waals surface area contributed by atoms with E-state index in [4.69, 9.17) is 4.74 Å². The fraction of sp³-hybridized carbons (Fsp3) is 1.00. The molecule has 2 aliphatic rings. The van der Waals surface area contributed by atoms with Gasteiger partial charge in [0.05, 0.1) is 13.2 Å². The van der Waals surface area contributed by atoms with Gasteiger partial charge in [-0.3, -0.25) is 4.90 Å². The van der Waals surface area contributed by atoms with Crippen molar-refractivity contribution in [3.8, 4) is 0 Å². The Labute approximate surface area is 98.9 Å². The van der Waals surface area contributed by atoms with Crippen LogP contribution in [-0.2, 0) is 4.74 Å². The minimum atomic E-state index is 0.731. The van der Waals surface area contributed by atoms with E-state index in [1.165, 1.54) is 39.0 Å². The lowest BCUT2D eigenvalue weighted by atomic mass is 10.2. The van der Waals surface area contributed by atoms with Crippen LogP contribution in [-0.4, -0.2) is 75.4 Å². The zero-order chi connectivity index (χ0) is 11.2. The first-order chi connectivity index (χ1) is 7.84. The number of hydrogen-bond donors (Lipinski definition) is 1. The molecular formula is C12H25N3O. The van der Waals surface area contributed by atoms with Crippen molar-refractivity contribution in [1.29, 1.82) is 0 Å². The van der Waals surface area contributed by atoms with Gasteiger partial charge in [0.2, 0.25) is 0 Å². The van der Waals surface area contributed by atoms with Crippen LogP contribution in [0.3, 0.4) is 0 Å². The first-order valence-electron chi connectivity index (χ1n) is 6.56. The Kier molecular flexibility index (Phi) is 5.03. The minimum absolute atomic E-state index is 0.731. The van der Waals surface area contributed by atoms with Crippen LogP contribution in [0.15, 0.2) is 0 Å². The van der Waals surface area contributed by atoms with E-state index < -0.39 is 0 Å². The highest BCUT2D eigenvalue weighted by Gasteiger charge is 2.16. The van der Waals surface area contributed by atoms with Gasteiger partial charge in [-0.25, -0.2) is 0 Å². The summed E-state index contributed by atoms with van der Waals surface area (Å²) in [6.07, 6.45) is 2.70. The predicted octanol–water partition coefficient (Wildman–Crippen LogP) is 0.00240. The van der Waals surface area contributed by atoms with Crippen molar-refractivity contribution >= 4 is 0 Å². The molecule has 1 N–H and O–H groups in total. The summed E-state index contributed by atoms with van der Waals surface area (Å²) < 4.78 is 5.35. The van der Waals surface area contributed by atoms with Crippen molar-refractivity contribution in [2.24, 2.45) is 0 Å². The van der Waals surface area contributed by atoms with Gasteiger partial charge in [-0.05, 0) is 26.4 Å². The third-order valence-electron chi connectivity index (χ3n) is 3.60. The third kappa shape index (κ3) is 4.01. The summed E-state index contributed by atoms with van der Waals surface area (Å²) in [5, 5.41) is 3.55. The molecule has 1 atom stereocenters. The first-order valence-corrected chi connectivity index (χ1v) is 6.56. The van der Waals surface area contributed by atoms with Gasteiger partial charge in [0.25, 0.3) is 0 Å². The van der Waals surface area contributed by atoms with E-state index >= 15 is 0 Å².